The molecule has 0 aromatic heterocycles. The van der Waals surface area contributed by atoms with Crippen molar-refractivity contribution < 1.29 is 19.1 Å². The molecule has 4 heteroatoms. The highest BCUT2D eigenvalue weighted by molar-refractivity contribution is 5.81. The maximum absolute atomic E-state index is 11.2. The Morgan fingerprint density at radius 1 is 0.857 bits per heavy atom. The van der Waals surface area contributed by atoms with E-state index in [1.54, 1.807) is 0 Å². The zero-order chi connectivity index (χ0) is 15.2. The third-order valence-corrected chi connectivity index (χ3v) is 4.89. The lowest BCUT2D eigenvalue weighted by atomic mass is 9.72. The van der Waals surface area contributed by atoms with E-state index in [1.807, 2.05) is 0 Å². The van der Waals surface area contributed by atoms with Crippen LogP contribution in [0.5, 0.6) is 0 Å². The largest absolute Gasteiger partial charge is 0.463 e. The average molecular weight is 294 g/mol. The number of carbonyl (C=O) groups excluding carboxylic acids is 2. The van der Waals surface area contributed by atoms with Crippen molar-refractivity contribution in [2.24, 2.45) is 11.8 Å². The molecule has 2 rings (SSSR count). The van der Waals surface area contributed by atoms with Crippen LogP contribution in [0.4, 0.5) is 0 Å². The number of hydrogen-bond acceptors (Lipinski definition) is 4. The van der Waals surface area contributed by atoms with E-state index >= 15 is 0 Å². The van der Waals surface area contributed by atoms with Gasteiger partial charge in [0.1, 0.15) is 12.2 Å². The van der Waals surface area contributed by atoms with Crippen molar-refractivity contribution >= 4 is 11.9 Å². The Balaban J connectivity index is 1.70. The molecule has 21 heavy (non-hydrogen) atoms. The van der Waals surface area contributed by atoms with Gasteiger partial charge in [-0.2, -0.15) is 0 Å². The Kier molecular flexibility index (Phi) is 5.83. The van der Waals surface area contributed by atoms with Gasteiger partial charge in [-0.3, -0.25) is 4.79 Å². The molecule has 2 fully saturated rings. The van der Waals surface area contributed by atoms with Gasteiger partial charge in [-0.1, -0.05) is 6.58 Å². The minimum Gasteiger partial charge on any atom is -0.463 e. The molecule has 0 aromatic carbocycles. The summed E-state index contributed by atoms with van der Waals surface area (Å²) in [6.07, 6.45) is 9.94. The SMILES string of the molecule is C=CC(=O)OC1CCC(C2CCC(OC(C)=O)CC2)CC1. The summed E-state index contributed by atoms with van der Waals surface area (Å²) < 4.78 is 10.6. The number of ether oxygens (including phenoxy) is 2. The fraction of sp³-hybridized carbons (Fsp3) is 0.765. The third-order valence-electron chi connectivity index (χ3n) is 4.89. The molecule has 0 bridgehead atoms. The van der Waals surface area contributed by atoms with E-state index in [2.05, 4.69) is 6.58 Å². The van der Waals surface area contributed by atoms with Crippen molar-refractivity contribution in [1.29, 1.82) is 0 Å². The molecule has 0 heterocycles. The van der Waals surface area contributed by atoms with Crippen LogP contribution in [0.1, 0.15) is 58.3 Å². The molecule has 4 nitrogen and oxygen atoms in total. The summed E-state index contributed by atoms with van der Waals surface area (Å²) in [5.74, 6) is 1.01. The lowest BCUT2D eigenvalue weighted by Gasteiger charge is -2.37. The Morgan fingerprint density at radius 3 is 1.67 bits per heavy atom. The summed E-state index contributed by atoms with van der Waals surface area (Å²) in [5, 5.41) is 0. The topological polar surface area (TPSA) is 52.6 Å². The van der Waals surface area contributed by atoms with Crippen LogP contribution in [0.2, 0.25) is 0 Å². The van der Waals surface area contributed by atoms with Crippen LogP contribution in [0.25, 0.3) is 0 Å². The van der Waals surface area contributed by atoms with E-state index in [9.17, 15) is 9.59 Å². The molecule has 0 saturated heterocycles. The van der Waals surface area contributed by atoms with Crippen LogP contribution in [0.3, 0.4) is 0 Å². The number of esters is 2. The molecule has 0 spiro atoms. The molecule has 2 aliphatic carbocycles. The zero-order valence-corrected chi connectivity index (χ0v) is 12.9. The van der Waals surface area contributed by atoms with Crippen molar-refractivity contribution in [3.05, 3.63) is 12.7 Å². The van der Waals surface area contributed by atoms with Gasteiger partial charge in [0.25, 0.3) is 0 Å². The van der Waals surface area contributed by atoms with Crippen LogP contribution < -0.4 is 0 Å². The predicted octanol–water partition coefficient (Wildman–Crippen LogP) is 3.40. The quantitative estimate of drug-likeness (QED) is 0.589. The molecule has 0 aliphatic heterocycles. The molecule has 0 aromatic rings. The van der Waals surface area contributed by atoms with Gasteiger partial charge in [0.15, 0.2) is 0 Å². The molecular formula is C17H26O4. The Bertz CT molecular complexity index is 374. The third kappa shape index (κ3) is 4.87. The van der Waals surface area contributed by atoms with Crippen molar-refractivity contribution in [1.82, 2.24) is 0 Å². The second-order valence-electron chi connectivity index (χ2n) is 6.32. The molecule has 2 saturated carbocycles. The van der Waals surface area contributed by atoms with E-state index in [0.717, 1.165) is 63.2 Å². The summed E-state index contributed by atoms with van der Waals surface area (Å²) in [4.78, 5) is 22.2. The highest BCUT2D eigenvalue weighted by Crippen LogP contribution is 2.39. The van der Waals surface area contributed by atoms with Gasteiger partial charge in [-0.25, -0.2) is 4.79 Å². The van der Waals surface area contributed by atoms with E-state index < -0.39 is 0 Å². The predicted molar refractivity (Wildman–Crippen MR) is 79.5 cm³/mol. The molecule has 0 atom stereocenters. The van der Waals surface area contributed by atoms with E-state index in [0.29, 0.717) is 0 Å². The van der Waals surface area contributed by atoms with Gasteiger partial charge in [0.2, 0.25) is 0 Å². The fourth-order valence-corrected chi connectivity index (χ4v) is 3.80. The summed E-state index contributed by atoms with van der Waals surface area (Å²) >= 11 is 0. The lowest BCUT2D eigenvalue weighted by Crippen LogP contribution is -2.31. The van der Waals surface area contributed by atoms with Gasteiger partial charge < -0.3 is 9.47 Å². The van der Waals surface area contributed by atoms with Crippen molar-refractivity contribution in [2.75, 3.05) is 0 Å². The summed E-state index contributed by atoms with van der Waals surface area (Å²) in [7, 11) is 0. The fourth-order valence-electron chi connectivity index (χ4n) is 3.80. The summed E-state index contributed by atoms with van der Waals surface area (Å²) in [6, 6.07) is 0. The number of rotatable bonds is 4. The van der Waals surface area contributed by atoms with Gasteiger partial charge >= 0.3 is 11.9 Å². The van der Waals surface area contributed by atoms with Crippen LogP contribution in [-0.4, -0.2) is 24.1 Å². The normalized spacial score (nSPS) is 33.0. The second-order valence-corrected chi connectivity index (χ2v) is 6.32. The molecule has 0 radical (unpaired) electrons. The van der Waals surface area contributed by atoms with Crippen LogP contribution in [-0.2, 0) is 19.1 Å². The van der Waals surface area contributed by atoms with Gasteiger partial charge in [-0.15, -0.1) is 0 Å². The highest BCUT2D eigenvalue weighted by Gasteiger charge is 2.32. The first-order valence-corrected chi connectivity index (χ1v) is 8.08. The molecule has 118 valence electrons. The van der Waals surface area contributed by atoms with Crippen molar-refractivity contribution in [2.45, 2.75) is 70.5 Å². The zero-order valence-electron chi connectivity index (χ0n) is 12.9. The van der Waals surface area contributed by atoms with Crippen LogP contribution in [0.15, 0.2) is 12.7 Å². The van der Waals surface area contributed by atoms with E-state index in [4.69, 9.17) is 9.47 Å². The standard InChI is InChI=1S/C17H26O4/c1-3-17(19)21-16-10-6-14(7-11-16)13-4-8-15(9-5-13)20-12(2)18/h3,13-16H,1,4-11H2,2H3. The van der Waals surface area contributed by atoms with Crippen molar-refractivity contribution in [3.8, 4) is 0 Å². The number of carbonyl (C=O) groups is 2. The second kappa shape index (κ2) is 7.62. The number of hydrogen-bond donors (Lipinski definition) is 0. The van der Waals surface area contributed by atoms with Crippen molar-refractivity contribution in [3.63, 3.8) is 0 Å². The average Bonchev–Trinajstić information content (AvgIpc) is 2.48. The van der Waals surface area contributed by atoms with Gasteiger partial charge in [-0.05, 0) is 63.2 Å². The maximum Gasteiger partial charge on any atom is 0.330 e. The minimum atomic E-state index is -0.305. The Hall–Kier alpha value is -1.32. The maximum atomic E-state index is 11.2. The smallest absolute Gasteiger partial charge is 0.330 e. The molecule has 0 amide bonds. The molecule has 0 unspecified atom stereocenters. The lowest BCUT2D eigenvalue weighted by molar-refractivity contribution is -0.149. The van der Waals surface area contributed by atoms with Crippen LogP contribution in [0, 0.1) is 11.8 Å². The molecule has 0 N–H and O–H groups in total. The Labute approximate surface area is 126 Å². The minimum absolute atomic E-state index is 0.0733. The summed E-state index contributed by atoms with van der Waals surface area (Å²) in [5.41, 5.74) is 0. The van der Waals surface area contributed by atoms with Crippen LogP contribution >= 0.6 is 0 Å². The monoisotopic (exact) mass is 294 g/mol. The summed E-state index contributed by atoms with van der Waals surface area (Å²) in [6.45, 7) is 4.92. The highest BCUT2D eigenvalue weighted by atomic mass is 16.5. The van der Waals surface area contributed by atoms with Gasteiger partial charge in [0.05, 0.1) is 0 Å². The van der Waals surface area contributed by atoms with E-state index in [-0.39, 0.29) is 24.1 Å². The first kappa shape index (κ1) is 16.1. The van der Waals surface area contributed by atoms with Gasteiger partial charge in [0, 0.05) is 13.0 Å². The first-order valence-electron chi connectivity index (χ1n) is 8.08. The first-order chi connectivity index (χ1) is 10.1. The van der Waals surface area contributed by atoms with E-state index in [1.165, 1.54) is 13.0 Å². The molecular weight excluding hydrogens is 268 g/mol. The molecule has 2 aliphatic rings. The Morgan fingerprint density at radius 2 is 1.29 bits per heavy atom.